The van der Waals surface area contributed by atoms with E-state index in [1.54, 1.807) is 7.11 Å². The Morgan fingerprint density at radius 3 is 1.79 bits per heavy atom. The van der Waals surface area contributed by atoms with Crippen LogP contribution in [0.3, 0.4) is 0 Å². The van der Waals surface area contributed by atoms with Gasteiger partial charge in [-0.25, -0.2) is 0 Å². The molecule has 0 aliphatic carbocycles. The molecule has 5 atom stereocenters. The summed E-state index contributed by atoms with van der Waals surface area (Å²) >= 11 is 0. The normalized spacial score (nSPS) is 23.7. The first-order valence-corrected chi connectivity index (χ1v) is 21.7. The topological polar surface area (TPSA) is 64.6 Å². The molecule has 1 aliphatic rings. The van der Waals surface area contributed by atoms with Crippen LogP contribution in [0.4, 0.5) is 0 Å². The molecule has 2 aromatic carbocycles. The number of rotatable bonds is 16. The van der Waals surface area contributed by atoms with Gasteiger partial charge >= 0.3 is 0 Å². The third kappa shape index (κ3) is 10.9. The number of hydrogen-bond acceptors (Lipinski definition) is 7. The van der Waals surface area contributed by atoms with E-state index in [0.29, 0.717) is 26.4 Å². The van der Waals surface area contributed by atoms with Gasteiger partial charge in [0.2, 0.25) is 0 Å². The van der Waals surface area contributed by atoms with Gasteiger partial charge in [-0.3, -0.25) is 0 Å². The van der Waals surface area contributed by atoms with Crippen molar-refractivity contribution in [3.05, 3.63) is 71.8 Å². The van der Waals surface area contributed by atoms with E-state index in [4.69, 9.17) is 32.8 Å². The molecular weight excluding hydrogens is 565 g/mol. The van der Waals surface area contributed by atoms with Crippen molar-refractivity contribution in [2.24, 2.45) is 0 Å². The molecule has 7 nitrogen and oxygen atoms in total. The molecule has 0 N–H and O–H groups in total. The van der Waals surface area contributed by atoms with Crippen molar-refractivity contribution in [1.29, 1.82) is 0 Å². The van der Waals surface area contributed by atoms with E-state index in [1.165, 1.54) is 0 Å². The Kier molecular flexibility index (Phi) is 13.4. The zero-order valence-corrected chi connectivity index (χ0v) is 29.3. The van der Waals surface area contributed by atoms with Gasteiger partial charge in [-0.05, 0) is 35.3 Å². The molecule has 0 amide bonds. The summed E-state index contributed by atoms with van der Waals surface area (Å²) in [5, 5.41) is 0.0603. The molecule has 42 heavy (non-hydrogen) atoms. The first-order valence-electron chi connectivity index (χ1n) is 15.1. The first kappa shape index (κ1) is 35.1. The minimum absolute atomic E-state index is 0.0603. The Hall–Kier alpha value is -1.41. The minimum Gasteiger partial charge on any atom is -0.414 e. The smallest absolute Gasteiger partial charge is 0.192 e. The summed E-state index contributed by atoms with van der Waals surface area (Å²) in [5.41, 5.74) is 2.14. The number of ether oxygens (including phenoxy) is 6. The molecule has 1 saturated heterocycles. The Morgan fingerprint density at radius 2 is 1.29 bits per heavy atom. The van der Waals surface area contributed by atoms with Gasteiger partial charge in [-0.2, -0.15) is 0 Å². The second-order valence-corrected chi connectivity index (χ2v) is 24.3. The molecule has 2 aromatic rings. The van der Waals surface area contributed by atoms with Gasteiger partial charge < -0.3 is 32.8 Å². The SMILES string of the molecule is CO[C@@H]1O[C@@H](CO[Si](C)(C)C(C)(C)C)[C@H](OCc2ccccc2)[C@@H](OCc2ccccc2)[C@@H]1OCOCC[Si](C)(C)C. The molecule has 1 fully saturated rings. The molecule has 236 valence electrons. The van der Waals surface area contributed by atoms with Crippen LogP contribution in [0.15, 0.2) is 60.7 Å². The van der Waals surface area contributed by atoms with E-state index in [2.05, 4.69) is 77.8 Å². The highest BCUT2D eigenvalue weighted by Crippen LogP contribution is 2.38. The zero-order chi connectivity index (χ0) is 30.8. The monoisotopic (exact) mass is 618 g/mol. The van der Waals surface area contributed by atoms with Crippen LogP contribution in [0.5, 0.6) is 0 Å². The zero-order valence-electron chi connectivity index (χ0n) is 27.3. The maximum Gasteiger partial charge on any atom is 0.192 e. The molecule has 9 heteroatoms. The molecule has 1 heterocycles. The second-order valence-electron chi connectivity index (χ2n) is 13.8. The third-order valence-electron chi connectivity index (χ3n) is 8.15. The predicted molar refractivity (Wildman–Crippen MR) is 173 cm³/mol. The van der Waals surface area contributed by atoms with Gasteiger partial charge in [0.05, 0.1) is 19.8 Å². The van der Waals surface area contributed by atoms with E-state index in [9.17, 15) is 0 Å². The van der Waals surface area contributed by atoms with Gasteiger partial charge in [0.15, 0.2) is 14.6 Å². The second kappa shape index (κ2) is 16.1. The lowest BCUT2D eigenvalue weighted by molar-refractivity contribution is -0.328. The maximum absolute atomic E-state index is 6.66. The predicted octanol–water partition coefficient (Wildman–Crippen LogP) is 7.25. The largest absolute Gasteiger partial charge is 0.414 e. The van der Waals surface area contributed by atoms with Crippen molar-refractivity contribution in [2.75, 3.05) is 27.1 Å². The van der Waals surface area contributed by atoms with Crippen molar-refractivity contribution in [3.8, 4) is 0 Å². The summed E-state index contributed by atoms with van der Waals surface area (Å²) in [4.78, 5) is 0. The summed E-state index contributed by atoms with van der Waals surface area (Å²) in [6, 6.07) is 21.4. The summed E-state index contributed by atoms with van der Waals surface area (Å²) in [5.74, 6) is 0. The maximum atomic E-state index is 6.66. The lowest BCUT2D eigenvalue weighted by atomic mass is 9.98. The summed E-state index contributed by atoms with van der Waals surface area (Å²) in [6.45, 7) is 20.2. The van der Waals surface area contributed by atoms with Gasteiger partial charge in [-0.1, -0.05) is 101 Å². The minimum atomic E-state index is -2.06. The Bertz CT molecular complexity index is 1020. The van der Waals surface area contributed by atoms with Crippen LogP contribution >= 0.6 is 0 Å². The van der Waals surface area contributed by atoms with Crippen molar-refractivity contribution >= 4 is 16.4 Å². The van der Waals surface area contributed by atoms with Crippen LogP contribution in [0.1, 0.15) is 31.9 Å². The van der Waals surface area contributed by atoms with Crippen LogP contribution < -0.4 is 0 Å². The molecule has 3 rings (SSSR count). The fraction of sp³-hybridized carbons (Fsp3) is 0.636. The number of hydrogen-bond donors (Lipinski definition) is 0. The van der Waals surface area contributed by atoms with Gasteiger partial charge in [0.1, 0.15) is 31.2 Å². The average molecular weight is 619 g/mol. The van der Waals surface area contributed by atoms with Gasteiger partial charge in [-0.15, -0.1) is 0 Å². The van der Waals surface area contributed by atoms with Gasteiger partial charge in [0, 0.05) is 21.8 Å². The summed E-state index contributed by atoms with van der Waals surface area (Å²) < 4.78 is 44.6. The van der Waals surface area contributed by atoms with Crippen LogP contribution in [0.2, 0.25) is 43.8 Å². The van der Waals surface area contributed by atoms with Crippen molar-refractivity contribution in [2.45, 2.75) is 109 Å². The molecule has 0 saturated carbocycles. The molecule has 0 aromatic heterocycles. The highest BCUT2D eigenvalue weighted by molar-refractivity contribution is 6.76. The quantitative estimate of drug-likeness (QED) is 0.112. The van der Waals surface area contributed by atoms with Crippen molar-refractivity contribution in [3.63, 3.8) is 0 Å². The van der Waals surface area contributed by atoms with Crippen LogP contribution in [0.25, 0.3) is 0 Å². The first-order chi connectivity index (χ1) is 19.8. The molecule has 0 radical (unpaired) electrons. The molecule has 1 aliphatic heterocycles. The van der Waals surface area contributed by atoms with E-state index in [0.717, 1.165) is 17.2 Å². The van der Waals surface area contributed by atoms with Crippen LogP contribution in [-0.4, -0.2) is 74.2 Å². The van der Waals surface area contributed by atoms with E-state index in [-0.39, 0.29) is 11.8 Å². The summed E-state index contributed by atoms with van der Waals surface area (Å²) in [7, 11) is -1.64. The van der Waals surface area contributed by atoms with Gasteiger partial charge in [0.25, 0.3) is 0 Å². The molecular formula is C33H54O7Si2. The highest BCUT2D eigenvalue weighted by atomic mass is 28.4. The lowest BCUT2D eigenvalue weighted by Crippen LogP contribution is -2.62. The highest BCUT2D eigenvalue weighted by Gasteiger charge is 2.50. The average Bonchev–Trinajstić information content (AvgIpc) is 2.94. The van der Waals surface area contributed by atoms with E-state index >= 15 is 0 Å². The fourth-order valence-electron chi connectivity index (χ4n) is 4.37. The lowest BCUT2D eigenvalue weighted by Gasteiger charge is -2.46. The summed E-state index contributed by atoms with van der Waals surface area (Å²) in [6.07, 6.45) is -2.59. The van der Waals surface area contributed by atoms with Crippen LogP contribution in [-0.2, 0) is 46.1 Å². The Labute approximate surface area is 256 Å². The van der Waals surface area contributed by atoms with E-state index in [1.807, 2.05) is 36.4 Å². The number of benzene rings is 2. The molecule has 0 unspecified atom stereocenters. The number of methoxy groups -OCH3 is 1. The fourth-order valence-corrected chi connectivity index (χ4v) is 6.14. The van der Waals surface area contributed by atoms with Crippen molar-refractivity contribution in [1.82, 2.24) is 0 Å². The Morgan fingerprint density at radius 1 is 0.738 bits per heavy atom. The van der Waals surface area contributed by atoms with Crippen molar-refractivity contribution < 1.29 is 32.8 Å². The molecule has 0 spiro atoms. The Balaban J connectivity index is 1.86. The molecule has 0 bridgehead atoms. The standard InChI is InChI=1S/C33H54O7Si2/c1-33(2,3)42(8,9)39-24-28-29(36-22-26-16-12-10-13-17-26)30(37-23-27-18-14-11-15-19-27)31(32(34-4)40-28)38-25-35-20-21-41(5,6)7/h10-19,28-32H,20-25H2,1-9H3/t28-,29-,30+,31-,32+/m0/s1. The third-order valence-corrected chi connectivity index (χ3v) is 14.4. The van der Waals surface area contributed by atoms with Crippen LogP contribution in [0, 0.1) is 0 Å². The van der Waals surface area contributed by atoms with E-state index < -0.39 is 47.1 Å².